The third-order valence-corrected chi connectivity index (χ3v) is 2.76. The number of pyridine rings is 1. The van der Waals surface area contributed by atoms with Crippen molar-refractivity contribution in [3.05, 3.63) is 52.7 Å². The van der Waals surface area contributed by atoms with Gasteiger partial charge in [0.25, 0.3) is 5.88 Å². The summed E-state index contributed by atoms with van der Waals surface area (Å²) in [5.74, 6) is -1.25. The van der Waals surface area contributed by atoms with Crippen molar-refractivity contribution in [1.29, 1.82) is 0 Å². The van der Waals surface area contributed by atoms with Crippen molar-refractivity contribution in [2.45, 2.75) is 5.88 Å². The van der Waals surface area contributed by atoms with Crippen molar-refractivity contribution in [2.75, 3.05) is 0 Å². The summed E-state index contributed by atoms with van der Waals surface area (Å²) in [6, 6.07) is 5.15. The molecule has 0 aliphatic heterocycles. The number of hydrogen-bond acceptors (Lipinski definition) is 2. The van der Waals surface area contributed by atoms with Crippen LogP contribution in [0.25, 0.3) is 0 Å². The van der Waals surface area contributed by atoms with E-state index < -0.39 is 11.6 Å². The topological polar surface area (TPSA) is 22.1 Å². The molecule has 0 fully saturated rings. The SMILES string of the molecule is Fc1ccc(Oc2nccc(CCl)c2F)cc1Cl. The maximum atomic E-state index is 13.8. The molecule has 0 aliphatic carbocycles. The highest BCUT2D eigenvalue weighted by Crippen LogP contribution is 2.27. The molecule has 0 amide bonds. The molecule has 2 nitrogen and oxygen atoms in total. The lowest BCUT2D eigenvalue weighted by molar-refractivity contribution is 0.419. The number of ether oxygens (including phenoxy) is 1. The van der Waals surface area contributed by atoms with Gasteiger partial charge in [-0.2, -0.15) is 0 Å². The van der Waals surface area contributed by atoms with Crippen LogP contribution in [0.3, 0.4) is 0 Å². The molecule has 0 bridgehead atoms. The van der Waals surface area contributed by atoms with E-state index in [1.807, 2.05) is 0 Å². The van der Waals surface area contributed by atoms with Crippen LogP contribution in [0, 0.1) is 11.6 Å². The van der Waals surface area contributed by atoms with Crippen LogP contribution in [0.5, 0.6) is 11.6 Å². The first-order chi connectivity index (χ1) is 8.61. The van der Waals surface area contributed by atoms with Crippen LogP contribution in [-0.2, 0) is 5.88 Å². The van der Waals surface area contributed by atoms with E-state index >= 15 is 0 Å². The lowest BCUT2D eigenvalue weighted by atomic mass is 10.3. The van der Waals surface area contributed by atoms with Gasteiger partial charge in [-0.1, -0.05) is 11.6 Å². The summed E-state index contributed by atoms with van der Waals surface area (Å²) < 4.78 is 31.9. The minimum atomic E-state index is -0.645. The quantitative estimate of drug-likeness (QED) is 0.774. The molecule has 2 rings (SSSR count). The van der Waals surface area contributed by atoms with Crippen LogP contribution in [0.2, 0.25) is 5.02 Å². The van der Waals surface area contributed by atoms with Crippen LogP contribution in [-0.4, -0.2) is 4.98 Å². The van der Waals surface area contributed by atoms with Gasteiger partial charge in [0.15, 0.2) is 5.82 Å². The fourth-order valence-electron chi connectivity index (χ4n) is 1.29. The molecule has 0 atom stereocenters. The highest BCUT2D eigenvalue weighted by molar-refractivity contribution is 6.30. The van der Waals surface area contributed by atoms with Crippen molar-refractivity contribution in [1.82, 2.24) is 4.98 Å². The van der Waals surface area contributed by atoms with Gasteiger partial charge in [0.1, 0.15) is 11.6 Å². The Kier molecular flexibility index (Phi) is 3.99. The van der Waals surface area contributed by atoms with E-state index in [-0.39, 0.29) is 28.1 Å². The molecule has 18 heavy (non-hydrogen) atoms. The highest BCUT2D eigenvalue weighted by Gasteiger charge is 2.11. The monoisotopic (exact) mass is 289 g/mol. The second kappa shape index (κ2) is 5.50. The van der Waals surface area contributed by atoms with Crippen LogP contribution >= 0.6 is 23.2 Å². The Morgan fingerprint density at radius 3 is 2.67 bits per heavy atom. The normalized spacial score (nSPS) is 10.4. The smallest absolute Gasteiger partial charge is 0.256 e. The first-order valence-corrected chi connectivity index (χ1v) is 5.85. The first-order valence-electron chi connectivity index (χ1n) is 4.94. The summed E-state index contributed by atoms with van der Waals surface area (Å²) in [6.07, 6.45) is 1.38. The number of hydrogen-bond donors (Lipinski definition) is 0. The second-order valence-electron chi connectivity index (χ2n) is 3.40. The van der Waals surface area contributed by atoms with E-state index in [9.17, 15) is 8.78 Å². The average molecular weight is 290 g/mol. The van der Waals surface area contributed by atoms with Crippen LogP contribution in [0.1, 0.15) is 5.56 Å². The van der Waals surface area contributed by atoms with E-state index in [0.29, 0.717) is 0 Å². The van der Waals surface area contributed by atoms with Gasteiger partial charge >= 0.3 is 0 Å². The fraction of sp³-hybridized carbons (Fsp3) is 0.0833. The van der Waals surface area contributed by atoms with E-state index in [2.05, 4.69) is 4.98 Å². The van der Waals surface area contributed by atoms with Crippen molar-refractivity contribution >= 4 is 23.2 Å². The molecule has 0 saturated heterocycles. The first kappa shape index (κ1) is 13.1. The summed E-state index contributed by atoms with van der Waals surface area (Å²) >= 11 is 11.1. The number of rotatable bonds is 3. The number of alkyl halides is 1. The number of halogens is 4. The zero-order valence-electron chi connectivity index (χ0n) is 8.96. The van der Waals surface area contributed by atoms with Crippen LogP contribution in [0.4, 0.5) is 8.78 Å². The lowest BCUT2D eigenvalue weighted by Crippen LogP contribution is -1.96. The third kappa shape index (κ3) is 2.71. The third-order valence-electron chi connectivity index (χ3n) is 2.19. The summed E-state index contributed by atoms with van der Waals surface area (Å²) in [5, 5.41) is -0.110. The minimum Gasteiger partial charge on any atom is -0.436 e. The molecule has 0 saturated carbocycles. The summed E-state index contributed by atoms with van der Waals surface area (Å²) in [5.41, 5.74) is 0.273. The van der Waals surface area contributed by atoms with Gasteiger partial charge in [-0.3, -0.25) is 0 Å². The van der Waals surface area contributed by atoms with E-state index in [4.69, 9.17) is 27.9 Å². The molecule has 0 radical (unpaired) electrons. The standard InChI is InChI=1S/C12H7Cl2F2NO/c13-6-7-3-4-17-12(11(7)16)18-8-1-2-10(15)9(14)5-8/h1-5H,6H2. The summed E-state index contributed by atoms with van der Waals surface area (Å²) in [4.78, 5) is 3.74. The zero-order chi connectivity index (χ0) is 13.1. The Hall–Kier alpha value is -1.39. The van der Waals surface area contributed by atoms with Gasteiger partial charge in [-0.15, -0.1) is 11.6 Å². The Balaban J connectivity index is 2.31. The molecule has 0 N–H and O–H groups in total. The Bertz CT molecular complexity index is 578. The van der Waals surface area contributed by atoms with Crippen molar-refractivity contribution in [3.63, 3.8) is 0 Å². The Morgan fingerprint density at radius 1 is 1.22 bits per heavy atom. The van der Waals surface area contributed by atoms with E-state index in [1.54, 1.807) is 0 Å². The van der Waals surface area contributed by atoms with Crippen molar-refractivity contribution in [2.24, 2.45) is 0 Å². The minimum absolute atomic E-state index is 0.00882. The van der Waals surface area contributed by atoms with Gasteiger partial charge in [0, 0.05) is 17.8 Å². The van der Waals surface area contributed by atoms with E-state index in [1.165, 1.54) is 24.4 Å². The van der Waals surface area contributed by atoms with Crippen LogP contribution in [0.15, 0.2) is 30.5 Å². The molecule has 6 heteroatoms. The molecule has 0 unspecified atom stereocenters. The summed E-state index contributed by atoms with van der Waals surface area (Å²) in [7, 11) is 0. The zero-order valence-corrected chi connectivity index (χ0v) is 10.5. The molecular weight excluding hydrogens is 283 g/mol. The Morgan fingerprint density at radius 2 is 2.00 bits per heavy atom. The maximum absolute atomic E-state index is 13.8. The molecule has 0 aliphatic rings. The lowest BCUT2D eigenvalue weighted by Gasteiger charge is -2.07. The van der Waals surface area contributed by atoms with Crippen LogP contribution < -0.4 is 4.74 Å². The Labute approximate surface area is 112 Å². The molecule has 2 aromatic rings. The summed E-state index contributed by atoms with van der Waals surface area (Å²) in [6.45, 7) is 0. The average Bonchev–Trinajstić information content (AvgIpc) is 2.36. The molecule has 1 aromatic carbocycles. The maximum Gasteiger partial charge on any atom is 0.256 e. The van der Waals surface area contributed by atoms with Gasteiger partial charge in [-0.25, -0.2) is 13.8 Å². The number of nitrogens with zero attached hydrogens (tertiary/aromatic N) is 1. The predicted molar refractivity (Wildman–Crippen MR) is 65.2 cm³/mol. The molecule has 1 heterocycles. The van der Waals surface area contributed by atoms with Gasteiger partial charge in [0.05, 0.1) is 10.9 Å². The van der Waals surface area contributed by atoms with Gasteiger partial charge < -0.3 is 4.74 Å². The molecule has 94 valence electrons. The fourth-order valence-corrected chi connectivity index (χ4v) is 1.67. The highest BCUT2D eigenvalue weighted by atomic mass is 35.5. The van der Waals surface area contributed by atoms with Crippen molar-refractivity contribution in [3.8, 4) is 11.6 Å². The molecule has 1 aromatic heterocycles. The van der Waals surface area contributed by atoms with Gasteiger partial charge in [-0.05, 0) is 18.2 Å². The second-order valence-corrected chi connectivity index (χ2v) is 4.08. The predicted octanol–water partition coefficient (Wildman–Crippen LogP) is 4.54. The van der Waals surface area contributed by atoms with Crippen molar-refractivity contribution < 1.29 is 13.5 Å². The number of benzene rings is 1. The van der Waals surface area contributed by atoms with Gasteiger partial charge in [0.2, 0.25) is 0 Å². The molecule has 0 spiro atoms. The molecular formula is C12H7Cl2F2NO. The number of aromatic nitrogens is 1. The van der Waals surface area contributed by atoms with E-state index in [0.717, 1.165) is 6.07 Å². The largest absolute Gasteiger partial charge is 0.436 e.